The number of nitrogens with two attached hydrogens (primary N) is 1. The number of piperidine rings is 1. The zero-order valence-electron chi connectivity index (χ0n) is 20.1. The van der Waals surface area contributed by atoms with Gasteiger partial charge in [0.05, 0.1) is 5.52 Å². The predicted octanol–water partition coefficient (Wildman–Crippen LogP) is 3.39. The molecule has 0 bridgehead atoms. The molecular weight excluding hydrogens is 430 g/mol. The molecule has 1 atom stereocenters. The van der Waals surface area contributed by atoms with E-state index in [0.29, 0.717) is 17.9 Å². The van der Waals surface area contributed by atoms with Crippen molar-refractivity contribution in [2.45, 2.75) is 39.7 Å². The second-order valence-corrected chi connectivity index (χ2v) is 9.31. The third kappa shape index (κ3) is 5.00. The number of nitrogens with zero attached hydrogens (tertiary/aromatic N) is 2. The first-order valence-electron chi connectivity index (χ1n) is 11.8. The van der Waals surface area contributed by atoms with Gasteiger partial charge in [-0.05, 0) is 77.0 Å². The molecule has 3 N–H and O–H groups in total. The number of carbonyl (C=O) groups is 2. The summed E-state index contributed by atoms with van der Waals surface area (Å²) in [6.07, 6.45) is 0.794. The molecule has 34 heavy (non-hydrogen) atoms. The van der Waals surface area contributed by atoms with Gasteiger partial charge >= 0.3 is 0 Å². The smallest absolute Gasteiger partial charge is 0.220 e. The summed E-state index contributed by atoms with van der Waals surface area (Å²) in [6, 6.07) is 13.9. The number of likely N-dealkylation sites (tertiary alicyclic amines) is 1. The molecule has 1 aromatic heterocycles. The number of carbonyl (C=O) groups excluding carboxylic acids is 2. The lowest BCUT2D eigenvalue weighted by atomic mass is 9.96. The van der Waals surface area contributed by atoms with Crippen LogP contribution in [0.5, 0.6) is 5.75 Å². The average Bonchev–Trinajstić information content (AvgIpc) is 3.10. The molecule has 7 heteroatoms. The third-order valence-corrected chi connectivity index (χ3v) is 6.72. The fraction of sp³-hybridized carbons (Fsp3) is 0.407. The number of fused-ring (bicyclic) bond motifs is 1. The largest absolute Gasteiger partial charge is 0.491 e. The molecular formula is C27H33N3O4. The number of hydrogen-bond acceptors (Lipinski definition) is 5. The maximum atomic E-state index is 12.5. The van der Waals surface area contributed by atoms with Gasteiger partial charge in [-0.1, -0.05) is 17.7 Å². The Kier molecular flexibility index (Phi) is 7.05. The van der Waals surface area contributed by atoms with Crippen molar-refractivity contribution < 1.29 is 19.4 Å². The van der Waals surface area contributed by atoms with E-state index < -0.39 is 6.10 Å². The van der Waals surface area contributed by atoms with E-state index in [4.69, 9.17) is 10.5 Å². The Morgan fingerprint density at radius 1 is 1.12 bits per heavy atom. The van der Waals surface area contributed by atoms with Gasteiger partial charge in [0.2, 0.25) is 5.91 Å². The number of aromatic nitrogens is 1. The molecule has 4 rings (SSSR count). The summed E-state index contributed by atoms with van der Waals surface area (Å²) in [5.41, 5.74) is 10.1. The van der Waals surface area contributed by atoms with E-state index in [9.17, 15) is 14.7 Å². The van der Waals surface area contributed by atoms with Crippen molar-refractivity contribution in [3.63, 3.8) is 0 Å². The van der Waals surface area contributed by atoms with Crippen molar-refractivity contribution >= 4 is 22.6 Å². The predicted molar refractivity (Wildman–Crippen MR) is 133 cm³/mol. The van der Waals surface area contributed by atoms with Gasteiger partial charge in [-0.15, -0.1) is 0 Å². The number of aliphatic hydroxyl groups is 1. The Labute approximate surface area is 200 Å². The molecule has 0 spiro atoms. The van der Waals surface area contributed by atoms with Crippen LogP contribution in [0.4, 0.5) is 0 Å². The number of hydrogen-bond donors (Lipinski definition) is 2. The summed E-state index contributed by atoms with van der Waals surface area (Å²) in [5.74, 6) is 0.310. The van der Waals surface area contributed by atoms with Gasteiger partial charge in [-0.3, -0.25) is 9.59 Å². The molecule has 3 aromatic rings. The van der Waals surface area contributed by atoms with E-state index in [0.717, 1.165) is 48.2 Å². The highest BCUT2D eigenvalue weighted by Crippen LogP contribution is 2.32. The van der Waals surface area contributed by atoms with Crippen LogP contribution in [0.25, 0.3) is 16.6 Å². The number of ketones is 1. The molecule has 1 fully saturated rings. The van der Waals surface area contributed by atoms with Gasteiger partial charge in [-0.25, -0.2) is 0 Å². The highest BCUT2D eigenvalue weighted by Gasteiger charge is 2.24. The topological polar surface area (TPSA) is 97.8 Å². The van der Waals surface area contributed by atoms with Crippen LogP contribution in [-0.2, 0) is 4.79 Å². The molecule has 0 radical (unpaired) electrons. The second kappa shape index (κ2) is 9.99. The van der Waals surface area contributed by atoms with E-state index in [2.05, 4.69) is 33.7 Å². The number of aliphatic hydroxyl groups excluding tert-OH is 1. The van der Waals surface area contributed by atoms with Gasteiger partial charge in [0, 0.05) is 34.8 Å². The van der Waals surface area contributed by atoms with Crippen LogP contribution < -0.4 is 10.5 Å². The lowest BCUT2D eigenvalue weighted by molar-refractivity contribution is -0.123. The first-order valence-corrected chi connectivity index (χ1v) is 11.8. The molecule has 180 valence electrons. The van der Waals surface area contributed by atoms with Crippen molar-refractivity contribution in [3.8, 4) is 11.4 Å². The number of benzene rings is 2. The van der Waals surface area contributed by atoms with E-state index >= 15 is 0 Å². The Morgan fingerprint density at radius 2 is 1.79 bits per heavy atom. The number of primary amides is 1. The summed E-state index contributed by atoms with van der Waals surface area (Å²) in [5, 5.41) is 11.3. The SMILES string of the molecule is CC(=O)c1c(C)n(-c2ccc(C)cc2)c2ccc(OC[C@H](O)CN3CCC(C(N)=O)CC3)cc12. The molecule has 0 aliphatic carbocycles. The Bertz CT molecular complexity index is 1190. The van der Waals surface area contributed by atoms with Crippen LogP contribution in [0.1, 0.15) is 41.4 Å². The quantitative estimate of drug-likeness (QED) is 0.499. The molecule has 0 saturated carbocycles. The first kappa shape index (κ1) is 24.0. The third-order valence-electron chi connectivity index (χ3n) is 6.72. The van der Waals surface area contributed by atoms with Crippen LogP contribution in [0.15, 0.2) is 42.5 Å². The number of rotatable bonds is 8. The number of β-amino-alcohol motifs (C(OH)–C–C–N with tert-alkyl or cyclic N) is 1. The number of aryl methyl sites for hydroxylation is 1. The first-order chi connectivity index (χ1) is 16.2. The van der Waals surface area contributed by atoms with Crippen LogP contribution in [0, 0.1) is 19.8 Å². The summed E-state index contributed by atoms with van der Waals surface area (Å²) in [4.78, 5) is 26.0. The monoisotopic (exact) mass is 463 g/mol. The lowest BCUT2D eigenvalue weighted by Gasteiger charge is -2.31. The molecule has 2 heterocycles. The van der Waals surface area contributed by atoms with Gasteiger partial charge < -0.3 is 25.0 Å². The summed E-state index contributed by atoms with van der Waals surface area (Å²) >= 11 is 0. The molecule has 1 amide bonds. The number of amides is 1. The van der Waals surface area contributed by atoms with E-state index in [1.54, 1.807) is 6.92 Å². The Morgan fingerprint density at radius 3 is 2.41 bits per heavy atom. The Hall–Kier alpha value is -3.16. The van der Waals surface area contributed by atoms with Gasteiger partial charge in [-0.2, -0.15) is 0 Å². The molecule has 1 aliphatic heterocycles. The fourth-order valence-corrected chi connectivity index (χ4v) is 4.90. The second-order valence-electron chi connectivity index (χ2n) is 9.31. The zero-order valence-corrected chi connectivity index (χ0v) is 20.1. The average molecular weight is 464 g/mol. The maximum absolute atomic E-state index is 12.5. The van der Waals surface area contributed by atoms with Crippen molar-refractivity contribution in [1.29, 1.82) is 0 Å². The van der Waals surface area contributed by atoms with E-state index in [-0.39, 0.29) is 24.2 Å². The number of ether oxygens (including phenoxy) is 1. The highest BCUT2D eigenvalue weighted by atomic mass is 16.5. The molecule has 7 nitrogen and oxygen atoms in total. The number of Topliss-reactive ketones (excluding diaryl/α,β-unsaturated/α-hetero) is 1. The summed E-state index contributed by atoms with van der Waals surface area (Å²) in [7, 11) is 0. The highest BCUT2D eigenvalue weighted by molar-refractivity contribution is 6.09. The van der Waals surface area contributed by atoms with E-state index in [1.165, 1.54) is 5.56 Å². The van der Waals surface area contributed by atoms with Gasteiger partial charge in [0.1, 0.15) is 18.5 Å². The van der Waals surface area contributed by atoms with Crippen molar-refractivity contribution in [1.82, 2.24) is 9.47 Å². The zero-order chi connectivity index (χ0) is 24.4. The minimum atomic E-state index is -0.660. The van der Waals surface area contributed by atoms with Gasteiger partial charge in [0.15, 0.2) is 5.78 Å². The van der Waals surface area contributed by atoms with E-state index in [1.807, 2.05) is 32.0 Å². The maximum Gasteiger partial charge on any atom is 0.220 e. The Balaban J connectivity index is 1.49. The summed E-state index contributed by atoms with van der Waals surface area (Å²) < 4.78 is 8.01. The van der Waals surface area contributed by atoms with Crippen LogP contribution in [-0.4, -0.2) is 58.6 Å². The molecule has 2 aromatic carbocycles. The standard InChI is InChI=1S/C27H33N3O4/c1-17-4-6-21(7-5-17)30-18(2)26(19(3)31)24-14-23(8-9-25(24)30)34-16-22(32)15-29-12-10-20(11-13-29)27(28)33/h4-9,14,20,22,32H,10-13,15-16H2,1-3H3,(H2,28,33)/t22-/m1/s1. The van der Waals surface area contributed by atoms with Crippen molar-refractivity contribution in [2.24, 2.45) is 11.7 Å². The van der Waals surface area contributed by atoms with Crippen LogP contribution in [0.2, 0.25) is 0 Å². The minimum Gasteiger partial charge on any atom is -0.491 e. The molecule has 1 aliphatic rings. The van der Waals surface area contributed by atoms with Crippen molar-refractivity contribution in [2.75, 3.05) is 26.2 Å². The lowest BCUT2D eigenvalue weighted by Crippen LogP contribution is -2.43. The fourth-order valence-electron chi connectivity index (χ4n) is 4.90. The van der Waals surface area contributed by atoms with Crippen molar-refractivity contribution in [3.05, 3.63) is 59.3 Å². The minimum absolute atomic E-state index is 0.00455. The van der Waals surface area contributed by atoms with Crippen LogP contribution >= 0.6 is 0 Å². The van der Waals surface area contributed by atoms with Gasteiger partial charge in [0.25, 0.3) is 0 Å². The normalized spacial score (nSPS) is 16.0. The van der Waals surface area contributed by atoms with Crippen LogP contribution in [0.3, 0.4) is 0 Å². The molecule has 0 unspecified atom stereocenters. The summed E-state index contributed by atoms with van der Waals surface area (Å²) in [6.45, 7) is 7.70. The molecule has 1 saturated heterocycles.